The van der Waals surface area contributed by atoms with E-state index in [1.807, 2.05) is 0 Å². The van der Waals surface area contributed by atoms with Crippen LogP contribution in [-0.2, 0) is 4.79 Å². The Morgan fingerprint density at radius 1 is 1.27 bits per heavy atom. The Balaban J connectivity index is 2.37. The van der Waals surface area contributed by atoms with E-state index in [0.717, 1.165) is 19.3 Å². The molecule has 0 amide bonds. The molecule has 2 heteroatoms. The second kappa shape index (κ2) is 6.26. The van der Waals surface area contributed by atoms with E-state index in [-0.39, 0.29) is 12.0 Å². The first-order valence-electron chi connectivity index (χ1n) is 6.29. The summed E-state index contributed by atoms with van der Waals surface area (Å²) in [5.41, 5.74) is 0. The highest BCUT2D eigenvalue weighted by atomic mass is 16.3. The van der Waals surface area contributed by atoms with Gasteiger partial charge >= 0.3 is 0 Å². The molecule has 0 aromatic carbocycles. The van der Waals surface area contributed by atoms with Crippen LogP contribution in [0.4, 0.5) is 0 Å². The molecule has 2 unspecified atom stereocenters. The van der Waals surface area contributed by atoms with Crippen molar-refractivity contribution < 1.29 is 9.90 Å². The SMILES string of the molecule is CC(C)CC(=O)CC1CCCCCC1O. The van der Waals surface area contributed by atoms with E-state index in [0.29, 0.717) is 24.5 Å². The van der Waals surface area contributed by atoms with Crippen molar-refractivity contribution in [3.05, 3.63) is 0 Å². The van der Waals surface area contributed by atoms with Gasteiger partial charge in [0.25, 0.3) is 0 Å². The van der Waals surface area contributed by atoms with Crippen LogP contribution < -0.4 is 0 Å². The van der Waals surface area contributed by atoms with Gasteiger partial charge in [-0.25, -0.2) is 0 Å². The van der Waals surface area contributed by atoms with Gasteiger partial charge in [-0.15, -0.1) is 0 Å². The average molecular weight is 212 g/mol. The Labute approximate surface area is 93.1 Å². The lowest BCUT2D eigenvalue weighted by atomic mass is 9.89. The van der Waals surface area contributed by atoms with Gasteiger partial charge in [-0.1, -0.05) is 33.1 Å². The lowest BCUT2D eigenvalue weighted by Crippen LogP contribution is -2.22. The van der Waals surface area contributed by atoms with E-state index in [2.05, 4.69) is 13.8 Å². The van der Waals surface area contributed by atoms with Crippen LogP contribution in [0.15, 0.2) is 0 Å². The number of carbonyl (C=O) groups is 1. The molecular weight excluding hydrogens is 188 g/mol. The second-order valence-corrected chi connectivity index (χ2v) is 5.31. The van der Waals surface area contributed by atoms with Crippen molar-refractivity contribution in [2.75, 3.05) is 0 Å². The van der Waals surface area contributed by atoms with Crippen LogP contribution in [0.1, 0.15) is 58.8 Å². The first kappa shape index (κ1) is 12.7. The zero-order chi connectivity index (χ0) is 11.3. The fourth-order valence-corrected chi connectivity index (χ4v) is 2.43. The van der Waals surface area contributed by atoms with E-state index < -0.39 is 0 Å². The Bertz CT molecular complexity index is 199. The zero-order valence-electron chi connectivity index (χ0n) is 10.0. The minimum atomic E-state index is -0.233. The third kappa shape index (κ3) is 4.78. The Hall–Kier alpha value is -0.370. The van der Waals surface area contributed by atoms with Crippen molar-refractivity contribution in [1.29, 1.82) is 0 Å². The third-order valence-corrected chi connectivity index (χ3v) is 3.24. The minimum Gasteiger partial charge on any atom is -0.393 e. The van der Waals surface area contributed by atoms with E-state index >= 15 is 0 Å². The predicted molar refractivity (Wildman–Crippen MR) is 61.7 cm³/mol. The number of ketones is 1. The van der Waals surface area contributed by atoms with Crippen LogP contribution in [-0.4, -0.2) is 17.0 Å². The molecule has 1 rings (SSSR count). The largest absolute Gasteiger partial charge is 0.393 e. The van der Waals surface area contributed by atoms with Crippen LogP contribution in [0.25, 0.3) is 0 Å². The molecular formula is C13H24O2. The molecule has 0 aromatic rings. The molecule has 0 heterocycles. The minimum absolute atomic E-state index is 0.233. The van der Waals surface area contributed by atoms with Gasteiger partial charge in [0.2, 0.25) is 0 Å². The first-order valence-corrected chi connectivity index (χ1v) is 6.29. The predicted octanol–water partition coefficient (Wildman–Crippen LogP) is 2.93. The average Bonchev–Trinajstić information content (AvgIpc) is 2.30. The third-order valence-electron chi connectivity index (χ3n) is 3.24. The molecule has 1 aliphatic carbocycles. The molecule has 0 bridgehead atoms. The number of carbonyl (C=O) groups excluding carboxylic acids is 1. The molecule has 0 spiro atoms. The van der Waals surface area contributed by atoms with Crippen LogP contribution >= 0.6 is 0 Å². The highest BCUT2D eigenvalue weighted by molar-refractivity contribution is 5.78. The summed E-state index contributed by atoms with van der Waals surface area (Å²) in [7, 11) is 0. The summed E-state index contributed by atoms with van der Waals surface area (Å²) in [6, 6.07) is 0. The summed E-state index contributed by atoms with van der Waals surface area (Å²) >= 11 is 0. The number of rotatable bonds is 4. The maximum Gasteiger partial charge on any atom is 0.133 e. The van der Waals surface area contributed by atoms with E-state index in [9.17, 15) is 9.90 Å². The summed E-state index contributed by atoms with van der Waals surface area (Å²) in [4.78, 5) is 11.7. The number of aliphatic hydroxyl groups excluding tert-OH is 1. The highest BCUT2D eigenvalue weighted by Crippen LogP contribution is 2.26. The van der Waals surface area contributed by atoms with Gasteiger partial charge in [0.15, 0.2) is 0 Å². The molecule has 2 nitrogen and oxygen atoms in total. The van der Waals surface area contributed by atoms with Crippen molar-refractivity contribution >= 4 is 5.78 Å². The molecule has 1 fully saturated rings. The van der Waals surface area contributed by atoms with Gasteiger partial charge in [-0.2, -0.15) is 0 Å². The first-order chi connectivity index (χ1) is 7.09. The lowest BCUT2D eigenvalue weighted by molar-refractivity contribution is -0.121. The zero-order valence-corrected chi connectivity index (χ0v) is 10.0. The molecule has 15 heavy (non-hydrogen) atoms. The Morgan fingerprint density at radius 2 is 1.93 bits per heavy atom. The Morgan fingerprint density at radius 3 is 2.60 bits per heavy atom. The van der Waals surface area contributed by atoms with E-state index in [1.54, 1.807) is 0 Å². The molecule has 0 aliphatic heterocycles. The topological polar surface area (TPSA) is 37.3 Å². The molecule has 0 radical (unpaired) electrons. The smallest absolute Gasteiger partial charge is 0.133 e. The standard InChI is InChI=1S/C13H24O2/c1-10(2)8-12(14)9-11-6-4-3-5-7-13(11)15/h10-11,13,15H,3-9H2,1-2H3. The van der Waals surface area contributed by atoms with Crippen LogP contribution in [0.5, 0.6) is 0 Å². The van der Waals surface area contributed by atoms with Crippen LogP contribution in [0.3, 0.4) is 0 Å². The van der Waals surface area contributed by atoms with Crippen molar-refractivity contribution in [3.63, 3.8) is 0 Å². The quantitative estimate of drug-likeness (QED) is 0.727. The van der Waals surface area contributed by atoms with Crippen molar-refractivity contribution in [3.8, 4) is 0 Å². The van der Waals surface area contributed by atoms with Crippen LogP contribution in [0, 0.1) is 11.8 Å². The Kier molecular flexibility index (Phi) is 5.30. The molecule has 2 atom stereocenters. The molecule has 1 saturated carbocycles. The number of aliphatic hydroxyl groups is 1. The fourth-order valence-electron chi connectivity index (χ4n) is 2.43. The van der Waals surface area contributed by atoms with E-state index in [1.165, 1.54) is 12.8 Å². The molecule has 0 aromatic heterocycles. The summed E-state index contributed by atoms with van der Waals surface area (Å²) in [6.45, 7) is 4.14. The summed E-state index contributed by atoms with van der Waals surface area (Å²) in [6.07, 6.45) is 6.47. The number of Topliss-reactive ketones (excluding diaryl/α,β-unsaturated/α-hetero) is 1. The van der Waals surface area contributed by atoms with E-state index in [4.69, 9.17) is 0 Å². The molecule has 1 aliphatic rings. The fraction of sp³-hybridized carbons (Fsp3) is 0.923. The van der Waals surface area contributed by atoms with Gasteiger partial charge in [0, 0.05) is 12.8 Å². The maximum atomic E-state index is 11.7. The normalized spacial score (nSPS) is 27.7. The molecule has 1 N–H and O–H groups in total. The van der Waals surface area contributed by atoms with Gasteiger partial charge in [-0.3, -0.25) is 4.79 Å². The molecule has 88 valence electrons. The van der Waals surface area contributed by atoms with Gasteiger partial charge < -0.3 is 5.11 Å². The van der Waals surface area contributed by atoms with Gasteiger partial charge in [-0.05, 0) is 24.7 Å². The summed E-state index contributed by atoms with van der Waals surface area (Å²) in [5, 5.41) is 9.88. The van der Waals surface area contributed by atoms with Gasteiger partial charge in [0.1, 0.15) is 5.78 Å². The lowest BCUT2D eigenvalue weighted by Gasteiger charge is -2.19. The van der Waals surface area contributed by atoms with Crippen molar-refractivity contribution in [1.82, 2.24) is 0 Å². The van der Waals surface area contributed by atoms with Gasteiger partial charge in [0.05, 0.1) is 6.10 Å². The summed E-state index contributed by atoms with van der Waals surface area (Å²) < 4.78 is 0. The monoisotopic (exact) mass is 212 g/mol. The molecule has 0 saturated heterocycles. The number of hydrogen-bond donors (Lipinski definition) is 1. The van der Waals surface area contributed by atoms with Crippen molar-refractivity contribution in [2.24, 2.45) is 11.8 Å². The van der Waals surface area contributed by atoms with Crippen molar-refractivity contribution in [2.45, 2.75) is 64.9 Å². The highest BCUT2D eigenvalue weighted by Gasteiger charge is 2.23. The second-order valence-electron chi connectivity index (χ2n) is 5.31. The van der Waals surface area contributed by atoms with Crippen LogP contribution in [0.2, 0.25) is 0 Å². The number of hydrogen-bond acceptors (Lipinski definition) is 2. The maximum absolute atomic E-state index is 11.7. The summed E-state index contributed by atoms with van der Waals surface area (Å²) in [5.74, 6) is 1.01.